The third-order valence-electron chi connectivity index (χ3n) is 3.53. The van der Waals surface area contributed by atoms with Crippen molar-refractivity contribution in [1.29, 1.82) is 0 Å². The van der Waals surface area contributed by atoms with E-state index in [2.05, 4.69) is 37.4 Å². The molecule has 0 bridgehead atoms. The first-order valence-corrected chi connectivity index (χ1v) is 7.63. The molecule has 2 aromatic rings. The van der Waals surface area contributed by atoms with Crippen molar-refractivity contribution < 1.29 is 4.39 Å². The van der Waals surface area contributed by atoms with Crippen LogP contribution in [0.5, 0.6) is 0 Å². The van der Waals surface area contributed by atoms with Crippen molar-refractivity contribution in [2.24, 2.45) is 0 Å². The van der Waals surface area contributed by atoms with E-state index in [-0.39, 0.29) is 16.9 Å². The number of hydrogen-bond donors (Lipinski definition) is 1. The molecule has 0 amide bonds. The average Bonchev–Trinajstić information content (AvgIpc) is 2.40. The Hall–Kier alpha value is -1.38. The van der Waals surface area contributed by atoms with Crippen molar-refractivity contribution >= 4 is 11.6 Å². The smallest absolute Gasteiger partial charge is 0.146 e. The molecule has 0 spiro atoms. The summed E-state index contributed by atoms with van der Waals surface area (Å²) in [6.07, 6.45) is 0.744. The van der Waals surface area contributed by atoms with Crippen LogP contribution in [-0.4, -0.2) is 6.54 Å². The first kappa shape index (κ1) is 16.0. The number of benzene rings is 2. The summed E-state index contributed by atoms with van der Waals surface area (Å²) in [4.78, 5) is 0. The van der Waals surface area contributed by atoms with Crippen LogP contribution in [0.2, 0.25) is 5.02 Å². The number of halogens is 2. The second-order valence-corrected chi connectivity index (χ2v) is 5.86. The Morgan fingerprint density at radius 2 is 1.81 bits per heavy atom. The summed E-state index contributed by atoms with van der Waals surface area (Å²) in [6.45, 7) is 6.97. The van der Waals surface area contributed by atoms with Crippen molar-refractivity contribution in [3.05, 3.63) is 69.5 Å². The summed E-state index contributed by atoms with van der Waals surface area (Å²) >= 11 is 5.91. The van der Waals surface area contributed by atoms with Crippen molar-refractivity contribution in [2.45, 2.75) is 33.2 Å². The van der Waals surface area contributed by atoms with Gasteiger partial charge in [-0.2, -0.15) is 0 Å². The van der Waals surface area contributed by atoms with Gasteiger partial charge in [0.25, 0.3) is 0 Å². The van der Waals surface area contributed by atoms with Crippen molar-refractivity contribution in [3.63, 3.8) is 0 Å². The molecule has 0 saturated carbocycles. The lowest BCUT2D eigenvalue weighted by Gasteiger charge is -2.20. The maximum atomic E-state index is 14.3. The largest absolute Gasteiger partial charge is 0.310 e. The van der Waals surface area contributed by atoms with Gasteiger partial charge in [-0.15, -0.1) is 0 Å². The molecule has 0 fully saturated rings. The van der Waals surface area contributed by atoms with Crippen LogP contribution in [0.15, 0.2) is 36.4 Å². The summed E-state index contributed by atoms with van der Waals surface area (Å²) < 4.78 is 14.3. The summed E-state index contributed by atoms with van der Waals surface area (Å²) in [5.74, 6) is -0.325. The van der Waals surface area contributed by atoms with Crippen LogP contribution in [0.3, 0.4) is 0 Å². The topological polar surface area (TPSA) is 12.0 Å². The highest BCUT2D eigenvalue weighted by Gasteiger charge is 2.17. The SMILES string of the molecule is CCNC(Cc1cc(C)cc(C)c1)c1cccc(Cl)c1F. The predicted octanol–water partition coefficient (Wildman–Crippen LogP) is 4.99. The third-order valence-corrected chi connectivity index (χ3v) is 3.82. The number of rotatable bonds is 5. The lowest BCUT2D eigenvalue weighted by molar-refractivity contribution is 0.510. The second-order valence-electron chi connectivity index (χ2n) is 5.45. The zero-order chi connectivity index (χ0) is 15.4. The number of aryl methyl sites for hydroxylation is 2. The van der Waals surface area contributed by atoms with E-state index in [9.17, 15) is 4.39 Å². The zero-order valence-electron chi connectivity index (χ0n) is 12.7. The lowest BCUT2D eigenvalue weighted by atomic mass is 9.96. The Bertz CT molecular complexity index is 604. The van der Waals surface area contributed by atoms with E-state index >= 15 is 0 Å². The quantitative estimate of drug-likeness (QED) is 0.820. The van der Waals surface area contributed by atoms with Crippen LogP contribution in [-0.2, 0) is 6.42 Å². The van der Waals surface area contributed by atoms with Crippen molar-refractivity contribution in [2.75, 3.05) is 6.54 Å². The molecule has 0 aliphatic rings. The van der Waals surface area contributed by atoms with Crippen LogP contribution in [0.25, 0.3) is 0 Å². The summed E-state index contributed by atoms with van der Waals surface area (Å²) in [6, 6.07) is 11.6. The van der Waals surface area contributed by atoms with E-state index in [0.29, 0.717) is 5.56 Å². The summed E-state index contributed by atoms with van der Waals surface area (Å²) in [5.41, 5.74) is 4.29. The highest BCUT2D eigenvalue weighted by atomic mass is 35.5. The van der Waals surface area contributed by atoms with Crippen LogP contribution in [0.1, 0.15) is 35.2 Å². The molecular formula is C18H21ClFN. The van der Waals surface area contributed by atoms with E-state index in [1.807, 2.05) is 6.92 Å². The molecule has 2 aromatic carbocycles. The van der Waals surface area contributed by atoms with Gasteiger partial charge in [-0.1, -0.05) is 60.0 Å². The van der Waals surface area contributed by atoms with E-state index in [0.717, 1.165) is 13.0 Å². The van der Waals surface area contributed by atoms with Gasteiger partial charge < -0.3 is 5.32 Å². The van der Waals surface area contributed by atoms with E-state index in [1.54, 1.807) is 18.2 Å². The Morgan fingerprint density at radius 3 is 2.43 bits per heavy atom. The third kappa shape index (κ3) is 4.05. The van der Waals surface area contributed by atoms with Crippen molar-refractivity contribution in [3.8, 4) is 0 Å². The molecule has 1 atom stereocenters. The molecule has 0 aromatic heterocycles. The van der Waals surface area contributed by atoms with Crippen LogP contribution in [0, 0.1) is 19.7 Å². The Balaban J connectivity index is 2.32. The van der Waals surface area contributed by atoms with Crippen molar-refractivity contribution in [1.82, 2.24) is 5.32 Å². The molecule has 1 nitrogen and oxygen atoms in total. The predicted molar refractivity (Wildman–Crippen MR) is 87.4 cm³/mol. The number of hydrogen-bond acceptors (Lipinski definition) is 1. The average molecular weight is 306 g/mol. The fraction of sp³-hybridized carbons (Fsp3) is 0.333. The Morgan fingerprint density at radius 1 is 1.14 bits per heavy atom. The fourth-order valence-electron chi connectivity index (χ4n) is 2.75. The van der Waals surface area contributed by atoms with Gasteiger partial charge in [0.15, 0.2) is 0 Å². The molecule has 1 N–H and O–H groups in total. The molecular weight excluding hydrogens is 285 g/mol. The molecule has 1 unspecified atom stereocenters. The van der Waals surface area contributed by atoms with Crippen LogP contribution >= 0.6 is 11.6 Å². The highest BCUT2D eigenvalue weighted by molar-refractivity contribution is 6.30. The van der Waals surface area contributed by atoms with Gasteiger partial charge in [-0.05, 0) is 38.4 Å². The van der Waals surface area contributed by atoms with Gasteiger partial charge in [0.1, 0.15) is 5.82 Å². The Kier molecular flexibility index (Phi) is 5.38. The van der Waals surface area contributed by atoms with E-state index in [4.69, 9.17) is 11.6 Å². The molecule has 21 heavy (non-hydrogen) atoms. The van der Waals surface area contributed by atoms with Gasteiger partial charge >= 0.3 is 0 Å². The molecule has 0 aliphatic carbocycles. The Labute approximate surface area is 131 Å². The van der Waals surface area contributed by atoms with Gasteiger partial charge in [0.05, 0.1) is 5.02 Å². The molecule has 112 valence electrons. The molecule has 0 heterocycles. The number of likely N-dealkylation sites (N-methyl/N-ethyl adjacent to an activating group) is 1. The van der Waals surface area contributed by atoms with E-state index in [1.165, 1.54) is 16.7 Å². The van der Waals surface area contributed by atoms with E-state index < -0.39 is 0 Å². The first-order valence-electron chi connectivity index (χ1n) is 7.25. The molecule has 2 rings (SSSR count). The fourth-order valence-corrected chi connectivity index (χ4v) is 2.93. The minimum atomic E-state index is -0.325. The first-order chi connectivity index (χ1) is 10.0. The van der Waals surface area contributed by atoms with Gasteiger partial charge in [-0.25, -0.2) is 4.39 Å². The molecule has 0 saturated heterocycles. The number of nitrogens with one attached hydrogen (secondary N) is 1. The minimum Gasteiger partial charge on any atom is -0.310 e. The highest BCUT2D eigenvalue weighted by Crippen LogP contribution is 2.26. The molecule has 0 radical (unpaired) electrons. The van der Waals surface area contributed by atoms with Gasteiger partial charge in [0.2, 0.25) is 0 Å². The molecule has 0 aliphatic heterocycles. The minimum absolute atomic E-state index is 0.0742. The maximum absolute atomic E-state index is 14.3. The summed E-state index contributed by atoms with van der Waals surface area (Å²) in [5, 5.41) is 3.53. The zero-order valence-corrected chi connectivity index (χ0v) is 13.5. The van der Waals surface area contributed by atoms with Crippen LogP contribution in [0.4, 0.5) is 4.39 Å². The maximum Gasteiger partial charge on any atom is 0.146 e. The van der Waals surface area contributed by atoms with Crippen LogP contribution < -0.4 is 5.32 Å². The second kappa shape index (κ2) is 7.06. The summed E-state index contributed by atoms with van der Waals surface area (Å²) in [7, 11) is 0. The monoisotopic (exact) mass is 305 g/mol. The van der Waals surface area contributed by atoms with Gasteiger partial charge in [-0.3, -0.25) is 0 Å². The van der Waals surface area contributed by atoms with Gasteiger partial charge in [0, 0.05) is 11.6 Å². The molecule has 3 heteroatoms. The lowest BCUT2D eigenvalue weighted by Crippen LogP contribution is -2.24. The standard InChI is InChI=1S/C18H21ClFN/c1-4-21-17(15-6-5-7-16(19)18(15)20)11-14-9-12(2)8-13(3)10-14/h5-10,17,21H,4,11H2,1-3H3. The normalized spacial score (nSPS) is 12.4.